The number of nitrogens with one attached hydrogen (secondary N) is 2. The van der Waals surface area contributed by atoms with Crippen LogP contribution in [0.3, 0.4) is 0 Å². The van der Waals surface area contributed by atoms with Crippen LogP contribution in [0.4, 0.5) is 0 Å². The highest BCUT2D eigenvalue weighted by Crippen LogP contribution is 2.27. The molecule has 5 heteroatoms. The highest BCUT2D eigenvalue weighted by molar-refractivity contribution is 5.42. The zero-order valence-electron chi connectivity index (χ0n) is 11.4. The molecule has 1 aromatic heterocycles. The van der Waals surface area contributed by atoms with Gasteiger partial charge in [-0.05, 0) is 24.6 Å². The van der Waals surface area contributed by atoms with Crippen LogP contribution in [0.25, 0.3) is 0 Å². The van der Waals surface area contributed by atoms with Gasteiger partial charge in [0.15, 0.2) is 11.5 Å². The Morgan fingerprint density at radius 3 is 2.68 bits per heavy atom. The Morgan fingerprint density at radius 2 is 2.05 bits per heavy atom. The number of benzene rings is 1. The van der Waals surface area contributed by atoms with E-state index < -0.39 is 0 Å². The average Bonchev–Trinajstić information content (AvgIpc) is 2.98. The van der Waals surface area contributed by atoms with Crippen LogP contribution >= 0.6 is 0 Å². The van der Waals surface area contributed by atoms with E-state index in [2.05, 4.69) is 22.4 Å². The second kappa shape index (κ2) is 6.24. The van der Waals surface area contributed by atoms with Gasteiger partial charge in [-0.2, -0.15) is 5.10 Å². The SMILES string of the molecule is COc1ccc(CNC(C)c2cn[nH]c2)cc1OC. The van der Waals surface area contributed by atoms with Gasteiger partial charge in [0.05, 0.1) is 20.4 Å². The molecule has 0 aliphatic heterocycles. The molecule has 102 valence electrons. The lowest BCUT2D eigenvalue weighted by atomic mass is 10.1. The number of aromatic amines is 1. The van der Waals surface area contributed by atoms with Gasteiger partial charge in [-0.1, -0.05) is 6.07 Å². The molecule has 0 spiro atoms. The largest absolute Gasteiger partial charge is 0.493 e. The molecule has 19 heavy (non-hydrogen) atoms. The molecule has 2 aromatic rings. The maximum absolute atomic E-state index is 5.29. The van der Waals surface area contributed by atoms with Gasteiger partial charge in [0.1, 0.15) is 0 Å². The Balaban J connectivity index is 1.99. The van der Waals surface area contributed by atoms with E-state index in [1.807, 2.05) is 30.6 Å². The minimum absolute atomic E-state index is 0.242. The van der Waals surface area contributed by atoms with E-state index in [-0.39, 0.29) is 6.04 Å². The van der Waals surface area contributed by atoms with E-state index in [1.54, 1.807) is 14.2 Å². The number of rotatable bonds is 6. The quantitative estimate of drug-likeness (QED) is 0.837. The van der Waals surface area contributed by atoms with Crippen LogP contribution in [0.2, 0.25) is 0 Å². The van der Waals surface area contributed by atoms with Crippen molar-refractivity contribution in [2.75, 3.05) is 14.2 Å². The minimum atomic E-state index is 0.242. The number of methoxy groups -OCH3 is 2. The summed E-state index contributed by atoms with van der Waals surface area (Å²) in [6.07, 6.45) is 3.72. The van der Waals surface area contributed by atoms with Crippen molar-refractivity contribution in [2.45, 2.75) is 19.5 Å². The predicted molar refractivity (Wildman–Crippen MR) is 73.4 cm³/mol. The first-order valence-corrected chi connectivity index (χ1v) is 6.17. The molecule has 2 rings (SSSR count). The molecule has 0 saturated heterocycles. The molecule has 0 aliphatic rings. The number of H-pyrrole nitrogens is 1. The van der Waals surface area contributed by atoms with Gasteiger partial charge in [-0.15, -0.1) is 0 Å². The van der Waals surface area contributed by atoms with Crippen molar-refractivity contribution in [1.82, 2.24) is 15.5 Å². The van der Waals surface area contributed by atoms with Crippen molar-refractivity contribution < 1.29 is 9.47 Å². The molecule has 0 aliphatic carbocycles. The van der Waals surface area contributed by atoms with Crippen LogP contribution in [-0.4, -0.2) is 24.4 Å². The second-order valence-electron chi connectivity index (χ2n) is 4.32. The zero-order valence-corrected chi connectivity index (χ0v) is 11.4. The third-order valence-electron chi connectivity index (χ3n) is 3.08. The van der Waals surface area contributed by atoms with Gasteiger partial charge in [-0.25, -0.2) is 0 Å². The Bertz CT molecular complexity index is 511. The van der Waals surface area contributed by atoms with Gasteiger partial charge in [0.2, 0.25) is 0 Å². The van der Waals surface area contributed by atoms with Crippen molar-refractivity contribution in [3.63, 3.8) is 0 Å². The summed E-state index contributed by atoms with van der Waals surface area (Å²) in [4.78, 5) is 0. The third kappa shape index (κ3) is 3.26. The molecule has 0 saturated carbocycles. The van der Waals surface area contributed by atoms with E-state index in [0.29, 0.717) is 0 Å². The van der Waals surface area contributed by atoms with Crippen molar-refractivity contribution in [1.29, 1.82) is 0 Å². The van der Waals surface area contributed by atoms with Crippen molar-refractivity contribution in [3.8, 4) is 11.5 Å². The fourth-order valence-corrected chi connectivity index (χ4v) is 1.88. The van der Waals surface area contributed by atoms with Crippen LogP contribution in [0.5, 0.6) is 11.5 Å². The summed E-state index contributed by atoms with van der Waals surface area (Å²) in [6, 6.07) is 6.16. The highest BCUT2D eigenvalue weighted by atomic mass is 16.5. The second-order valence-corrected chi connectivity index (χ2v) is 4.32. The first-order chi connectivity index (χ1) is 9.24. The summed E-state index contributed by atoms with van der Waals surface area (Å²) in [5.41, 5.74) is 2.29. The standard InChI is InChI=1S/C14H19N3O2/c1-10(12-8-16-17-9-12)15-7-11-4-5-13(18-2)14(6-11)19-3/h4-6,8-10,15H,7H2,1-3H3,(H,16,17). The topological polar surface area (TPSA) is 59.2 Å². The highest BCUT2D eigenvalue weighted by Gasteiger charge is 2.08. The van der Waals surface area contributed by atoms with Gasteiger partial charge in [0.25, 0.3) is 0 Å². The van der Waals surface area contributed by atoms with E-state index in [1.165, 1.54) is 0 Å². The van der Waals surface area contributed by atoms with Gasteiger partial charge in [-0.3, -0.25) is 5.10 Å². The molecule has 2 N–H and O–H groups in total. The molecule has 1 aromatic carbocycles. The number of hydrogen-bond donors (Lipinski definition) is 2. The Hall–Kier alpha value is -2.01. The summed E-state index contributed by atoms with van der Waals surface area (Å²) >= 11 is 0. The van der Waals surface area contributed by atoms with E-state index in [4.69, 9.17) is 9.47 Å². The summed E-state index contributed by atoms with van der Waals surface area (Å²) in [5.74, 6) is 1.49. The lowest BCUT2D eigenvalue weighted by molar-refractivity contribution is 0.354. The number of nitrogens with zero attached hydrogens (tertiary/aromatic N) is 1. The molecule has 0 bridgehead atoms. The Kier molecular flexibility index (Phi) is 4.41. The number of ether oxygens (including phenoxy) is 2. The van der Waals surface area contributed by atoms with Crippen LogP contribution in [0.1, 0.15) is 24.1 Å². The predicted octanol–water partition coefficient (Wildman–Crippen LogP) is 2.28. The maximum atomic E-state index is 5.29. The molecule has 5 nitrogen and oxygen atoms in total. The smallest absolute Gasteiger partial charge is 0.161 e. The van der Waals surface area contributed by atoms with Crippen LogP contribution < -0.4 is 14.8 Å². The zero-order chi connectivity index (χ0) is 13.7. The molecule has 1 atom stereocenters. The van der Waals surface area contributed by atoms with Gasteiger partial charge < -0.3 is 14.8 Å². The first-order valence-electron chi connectivity index (χ1n) is 6.17. The molecular weight excluding hydrogens is 242 g/mol. The molecule has 0 radical (unpaired) electrons. The van der Waals surface area contributed by atoms with E-state index in [0.717, 1.165) is 29.2 Å². The average molecular weight is 261 g/mol. The fraction of sp³-hybridized carbons (Fsp3) is 0.357. The first kappa shape index (κ1) is 13.4. The lowest BCUT2D eigenvalue weighted by Gasteiger charge is -2.13. The van der Waals surface area contributed by atoms with Crippen molar-refractivity contribution >= 4 is 0 Å². The number of hydrogen-bond acceptors (Lipinski definition) is 4. The van der Waals surface area contributed by atoms with E-state index >= 15 is 0 Å². The lowest BCUT2D eigenvalue weighted by Crippen LogP contribution is -2.17. The molecule has 0 fully saturated rings. The molecule has 1 heterocycles. The van der Waals surface area contributed by atoms with Crippen LogP contribution in [0, 0.1) is 0 Å². The van der Waals surface area contributed by atoms with Crippen molar-refractivity contribution in [3.05, 3.63) is 41.7 Å². The normalized spacial score (nSPS) is 12.2. The van der Waals surface area contributed by atoms with Crippen LogP contribution in [0.15, 0.2) is 30.6 Å². The minimum Gasteiger partial charge on any atom is -0.493 e. The maximum Gasteiger partial charge on any atom is 0.161 e. The Morgan fingerprint density at radius 1 is 1.26 bits per heavy atom. The third-order valence-corrected chi connectivity index (χ3v) is 3.08. The Labute approximate surface area is 112 Å². The van der Waals surface area contributed by atoms with Crippen molar-refractivity contribution in [2.24, 2.45) is 0 Å². The molecule has 0 amide bonds. The molecule has 1 unspecified atom stereocenters. The van der Waals surface area contributed by atoms with Gasteiger partial charge in [0, 0.05) is 24.3 Å². The summed E-state index contributed by atoms with van der Waals surface area (Å²) < 4.78 is 10.5. The summed E-state index contributed by atoms with van der Waals surface area (Å²) in [5, 5.41) is 10.2. The fourth-order valence-electron chi connectivity index (χ4n) is 1.88. The monoisotopic (exact) mass is 261 g/mol. The summed E-state index contributed by atoms with van der Waals surface area (Å²) in [6.45, 7) is 2.86. The van der Waals surface area contributed by atoms with E-state index in [9.17, 15) is 0 Å². The number of aromatic nitrogens is 2. The molecular formula is C14H19N3O2. The summed E-state index contributed by atoms with van der Waals surface area (Å²) in [7, 11) is 3.28. The van der Waals surface area contributed by atoms with Gasteiger partial charge >= 0.3 is 0 Å². The van der Waals surface area contributed by atoms with Crippen LogP contribution in [-0.2, 0) is 6.54 Å².